The minimum absolute atomic E-state index is 0.103. The number of hydrogen-bond acceptors (Lipinski definition) is 6. The number of hydrogen-bond donors (Lipinski definition) is 4. The first-order valence-corrected chi connectivity index (χ1v) is 10.7. The van der Waals surface area contributed by atoms with Crippen LogP contribution in [0.5, 0.6) is 0 Å². The molecule has 0 bridgehead atoms. The fraction of sp³-hybridized carbons (Fsp3) is 0.208. The molecule has 0 aliphatic heterocycles. The highest BCUT2D eigenvalue weighted by Gasteiger charge is 2.11. The summed E-state index contributed by atoms with van der Waals surface area (Å²) in [5.74, 6) is -0.0596. The largest absolute Gasteiger partial charge is 0.395 e. The molecule has 4 N–H and O–H groups in total. The molecule has 2 aromatic heterocycles. The number of carbonyl (C=O) groups excluding carboxylic acids is 1. The number of rotatable bonds is 10. The van der Waals surface area contributed by atoms with Crippen LogP contribution in [0, 0.1) is 5.82 Å². The third-order valence-corrected chi connectivity index (χ3v) is 5.01. The van der Waals surface area contributed by atoms with Gasteiger partial charge in [0.15, 0.2) is 5.65 Å². The predicted molar refractivity (Wildman–Crippen MR) is 125 cm³/mol. The molecule has 4 rings (SSSR count). The van der Waals surface area contributed by atoms with E-state index in [-0.39, 0.29) is 18.3 Å². The predicted octanol–water partition coefficient (Wildman–Crippen LogP) is 2.98. The van der Waals surface area contributed by atoms with Gasteiger partial charge in [0.25, 0.3) is 5.91 Å². The summed E-state index contributed by atoms with van der Waals surface area (Å²) in [5.41, 5.74) is 3.40. The van der Waals surface area contributed by atoms with Crippen LogP contribution in [0.25, 0.3) is 16.8 Å². The number of nitrogens with one attached hydrogen (secondary N) is 3. The van der Waals surface area contributed by atoms with E-state index in [0.29, 0.717) is 30.2 Å². The van der Waals surface area contributed by atoms with E-state index < -0.39 is 0 Å². The van der Waals surface area contributed by atoms with E-state index >= 15 is 0 Å². The summed E-state index contributed by atoms with van der Waals surface area (Å²) in [4.78, 5) is 16.8. The van der Waals surface area contributed by atoms with Crippen molar-refractivity contribution in [3.05, 3.63) is 78.2 Å². The zero-order valence-electron chi connectivity index (χ0n) is 18.0. The molecule has 0 fully saturated rings. The monoisotopic (exact) mass is 448 g/mol. The second-order valence-electron chi connectivity index (χ2n) is 7.42. The smallest absolute Gasteiger partial charge is 0.251 e. The van der Waals surface area contributed by atoms with Gasteiger partial charge in [0.1, 0.15) is 5.82 Å². The molecule has 0 aliphatic carbocycles. The number of pyridine rings is 1. The molecule has 4 aromatic rings. The van der Waals surface area contributed by atoms with Crippen LogP contribution >= 0.6 is 0 Å². The Hall–Kier alpha value is -3.82. The molecule has 0 spiro atoms. The summed E-state index contributed by atoms with van der Waals surface area (Å²) in [5, 5.41) is 22.2. The van der Waals surface area contributed by atoms with Gasteiger partial charge >= 0.3 is 0 Å². The number of anilines is 2. The number of carbonyl (C=O) groups is 1. The molecule has 0 aliphatic rings. The Morgan fingerprint density at radius 1 is 1.03 bits per heavy atom. The van der Waals surface area contributed by atoms with Gasteiger partial charge in [-0.05, 0) is 67.1 Å². The molecule has 9 heteroatoms. The fourth-order valence-electron chi connectivity index (χ4n) is 3.40. The Kier molecular flexibility index (Phi) is 7.23. The summed E-state index contributed by atoms with van der Waals surface area (Å²) in [6.45, 7) is 1.94. The van der Waals surface area contributed by atoms with Crippen LogP contribution in [0.4, 0.5) is 16.0 Å². The van der Waals surface area contributed by atoms with Gasteiger partial charge < -0.3 is 21.1 Å². The van der Waals surface area contributed by atoms with Crippen molar-refractivity contribution in [3.63, 3.8) is 0 Å². The van der Waals surface area contributed by atoms with Gasteiger partial charge in [-0.3, -0.25) is 4.79 Å². The number of aromatic nitrogens is 3. The molecule has 2 aromatic carbocycles. The molecule has 0 radical (unpaired) electrons. The van der Waals surface area contributed by atoms with E-state index in [1.165, 1.54) is 12.1 Å². The minimum atomic E-state index is -0.310. The lowest BCUT2D eigenvalue weighted by Gasteiger charge is -2.07. The second-order valence-corrected chi connectivity index (χ2v) is 7.42. The van der Waals surface area contributed by atoms with Crippen LogP contribution in [0.15, 0.2) is 66.9 Å². The van der Waals surface area contributed by atoms with Crippen molar-refractivity contribution in [2.75, 3.05) is 31.6 Å². The number of fused-ring (bicyclic) bond motifs is 1. The Morgan fingerprint density at radius 3 is 2.67 bits per heavy atom. The zero-order valence-corrected chi connectivity index (χ0v) is 18.0. The van der Waals surface area contributed by atoms with Gasteiger partial charge in [-0.25, -0.2) is 8.91 Å². The second kappa shape index (κ2) is 10.7. The Morgan fingerprint density at radius 2 is 1.88 bits per heavy atom. The maximum atomic E-state index is 13.7. The van der Waals surface area contributed by atoms with E-state index in [4.69, 9.17) is 5.11 Å². The molecule has 33 heavy (non-hydrogen) atoms. The van der Waals surface area contributed by atoms with Crippen LogP contribution in [-0.2, 0) is 0 Å². The normalized spacial score (nSPS) is 11.0. The summed E-state index contributed by atoms with van der Waals surface area (Å²) >= 11 is 0. The summed E-state index contributed by atoms with van der Waals surface area (Å²) < 4.78 is 15.3. The van der Waals surface area contributed by atoms with Crippen LogP contribution < -0.4 is 16.0 Å². The summed E-state index contributed by atoms with van der Waals surface area (Å²) in [7, 11) is 0. The average Bonchev–Trinajstić information content (AvgIpc) is 3.24. The average molecular weight is 449 g/mol. The lowest BCUT2D eigenvalue weighted by atomic mass is 10.1. The van der Waals surface area contributed by atoms with Crippen LogP contribution in [-0.4, -0.2) is 51.9 Å². The molecule has 0 atom stereocenters. The van der Waals surface area contributed by atoms with Gasteiger partial charge in [0, 0.05) is 36.1 Å². The van der Waals surface area contributed by atoms with E-state index in [0.717, 1.165) is 29.8 Å². The zero-order chi connectivity index (χ0) is 23.0. The standard InChI is InChI=1S/C24H25FN6O2/c25-19-5-1-4-18(16-19)21-6-2-14-31-22(21)29-24(30-31)28-20-9-7-17(8-10-20)23(33)27-12-3-11-26-13-15-32/h1-2,4-10,14,16,26,32H,3,11-13,15H2,(H,27,33)(H,28,30). The Bertz CT molecular complexity index is 1230. The number of benzene rings is 2. The fourth-order valence-corrected chi connectivity index (χ4v) is 3.40. The first kappa shape index (κ1) is 22.4. The van der Waals surface area contributed by atoms with E-state index in [2.05, 4.69) is 26.0 Å². The highest BCUT2D eigenvalue weighted by molar-refractivity contribution is 5.94. The van der Waals surface area contributed by atoms with Crippen molar-refractivity contribution in [2.45, 2.75) is 6.42 Å². The quantitative estimate of drug-likeness (QED) is 0.278. The highest BCUT2D eigenvalue weighted by atomic mass is 19.1. The van der Waals surface area contributed by atoms with E-state index in [1.54, 1.807) is 41.0 Å². The third-order valence-electron chi connectivity index (χ3n) is 5.01. The van der Waals surface area contributed by atoms with Crippen molar-refractivity contribution < 1.29 is 14.3 Å². The van der Waals surface area contributed by atoms with Gasteiger partial charge in [0.05, 0.1) is 6.61 Å². The maximum absolute atomic E-state index is 13.7. The first-order chi connectivity index (χ1) is 16.1. The molecule has 170 valence electrons. The summed E-state index contributed by atoms with van der Waals surface area (Å²) in [6, 6.07) is 17.1. The van der Waals surface area contributed by atoms with E-state index in [1.807, 2.05) is 18.2 Å². The topological polar surface area (TPSA) is 104 Å². The molecular formula is C24H25FN6O2. The molecule has 8 nitrogen and oxygen atoms in total. The van der Waals surface area contributed by atoms with Crippen LogP contribution in [0.2, 0.25) is 0 Å². The van der Waals surface area contributed by atoms with Crippen molar-refractivity contribution in [1.29, 1.82) is 0 Å². The van der Waals surface area contributed by atoms with Crippen molar-refractivity contribution in [3.8, 4) is 11.1 Å². The number of nitrogens with zero attached hydrogens (tertiary/aromatic N) is 3. The molecular weight excluding hydrogens is 423 g/mol. The van der Waals surface area contributed by atoms with Gasteiger partial charge in [-0.2, -0.15) is 4.98 Å². The molecule has 1 amide bonds. The first-order valence-electron chi connectivity index (χ1n) is 10.7. The van der Waals surface area contributed by atoms with Gasteiger partial charge in [-0.1, -0.05) is 12.1 Å². The maximum Gasteiger partial charge on any atom is 0.251 e. The third kappa shape index (κ3) is 5.71. The molecule has 0 saturated heterocycles. The molecule has 0 unspecified atom stereocenters. The number of halogens is 1. The highest BCUT2D eigenvalue weighted by Crippen LogP contribution is 2.25. The summed E-state index contributed by atoms with van der Waals surface area (Å²) in [6.07, 6.45) is 2.56. The van der Waals surface area contributed by atoms with Gasteiger partial charge in [0.2, 0.25) is 5.95 Å². The molecule has 2 heterocycles. The number of aliphatic hydroxyl groups excluding tert-OH is 1. The SMILES string of the molecule is O=C(NCCCNCCO)c1ccc(Nc2nc3c(-c4cccc(F)c4)cccn3n2)cc1. The van der Waals surface area contributed by atoms with Crippen LogP contribution in [0.1, 0.15) is 16.8 Å². The molecule has 0 saturated carbocycles. The number of aliphatic hydroxyl groups is 1. The van der Waals surface area contributed by atoms with Crippen molar-refractivity contribution in [1.82, 2.24) is 25.2 Å². The Labute approximate surface area is 190 Å². The number of amides is 1. The minimum Gasteiger partial charge on any atom is -0.395 e. The van der Waals surface area contributed by atoms with Crippen molar-refractivity contribution >= 4 is 23.2 Å². The van der Waals surface area contributed by atoms with Crippen molar-refractivity contribution in [2.24, 2.45) is 0 Å². The van der Waals surface area contributed by atoms with E-state index in [9.17, 15) is 9.18 Å². The Balaban J connectivity index is 1.40. The lowest BCUT2D eigenvalue weighted by Crippen LogP contribution is -2.28. The van der Waals surface area contributed by atoms with Crippen LogP contribution in [0.3, 0.4) is 0 Å². The van der Waals surface area contributed by atoms with Gasteiger partial charge in [-0.15, -0.1) is 5.10 Å². The lowest BCUT2D eigenvalue weighted by molar-refractivity contribution is 0.0953.